The maximum atomic E-state index is 14.0. The minimum Gasteiger partial charge on any atom is -0.488 e. The van der Waals surface area contributed by atoms with Crippen molar-refractivity contribution in [1.29, 1.82) is 5.26 Å². The van der Waals surface area contributed by atoms with Crippen LogP contribution in [-0.4, -0.2) is 5.11 Å². The summed E-state index contributed by atoms with van der Waals surface area (Å²) in [5.41, 5.74) is 1.95. The number of benzene rings is 2. The number of hydrogen-bond acceptors (Lipinski definition) is 3. The highest BCUT2D eigenvalue weighted by Crippen LogP contribution is 2.27. The molecule has 0 heterocycles. The van der Waals surface area contributed by atoms with Crippen LogP contribution >= 0.6 is 0 Å². The molecule has 0 fully saturated rings. The molecule has 1 N–H and O–H groups in total. The van der Waals surface area contributed by atoms with Crippen LogP contribution in [-0.2, 0) is 6.61 Å². The normalized spacial score (nSPS) is 11.8. The fraction of sp³-hybridized carbons (Fsp3) is 0.235. The Morgan fingerprint density at radius 1 is 1.33 bits per heavy atom. The van der Waals surface area contributed by atoms with Crippen LogP contribution in [0.15, 0.2) is 36.4 Å². The van der Waals surface area contributed by atoms with Gasteiger partial charge in [0.25, 0.3) is 0 Å². The molecule has 0 saturated heterocycles. The summed E-state index contributed by atoms with van der Waals surface area (Å²) in [7, 11) is 0. The van der Waals surface area contributed by atoms with Gasteiger partial charge in [0, 0.05) is 11.1 Å². The van der Waals surface area contributed by atoms with E-state index in [1.807, 2.05) is 13.0 Å². The van der Waals surface area contributed by atoms with Crippen LogP contribution in [0.1, 0.15) is 35.3 Å². The molecule has 0 radical (unpaired) electrons. The quantitative estimate of drug-likeness (QED) is 0.933. The lowest BCUT2D eigenvalue weighted by Gasteiger charge is -2.14. The van der Waals surface area contributed by atoms with Crippen molar-refractivity contribution in [3.8, 4) is 11.8 Å². The van der Waals surface area contributed by atoms with Gasteiger partial charge in [-0.05, 0) is 31.5 Å². The van der Waals surface area contributed by atoms with Crippen molar-refractivity contribution < 1.29 is 14.2 Å². The molecule has 0 aliphatic carbocycles. The Morgan fingerprint density at radius 3 is 2.76 bits per heavy atom. The Kier molecular flexibility index (Phi) is 4.56. The van der Waals surface area contributed by atoms with E-state index in [9.17, 15) is 9.50 Å². The van der Waals surface area contributed by atoms with Gasteiger partial charge in [0.1, 0.15) is 24.2 Å². The molecule has 0 amide bonds. The number of aliphatic hydroxyl groups excluding tert-OH is 1. The Morgan fingerprint density at radius 2 is 2.10 bits per heavy atom. The zero-order chi connectivity index (χ0) is 15.4. The molecule has 0 aliphatic heterocycles. The lowest BCUT2D eigenvalue weighted by atomic mass is 10.1. The summed E-state index contributed by atoms with van der Waals surface area (Å²) in [6.07, 6.45) is -0.670. The van der Waals surface area contributed by atoms with Crippen molar-refractivity contribution in [3.63, 3.8) is 0 Å². The van der Waals surface area contributed by atoms with E-state index in [2.05, 4.69) is 0 Å². The van der Waals surface area contributed by atoms with Crippen LogP contribution in [0.4, 0.5) is 4.39 Å². The Balaban J connectivity index is 2.25. The maximum absolute atomic E-state index is 14.0. The average molecular weight is 285 g/mol. The summed E-state index contributed by atoms with van der Waals surface area (Å²) < 4.78 is 19.6. The predicted molar refractivity (Wildman–Crippen MR) is 77.3 cm³/mol. The van der Waals surface area contributed by atoms with E-state index < -0.39 is 11.9 Å². The highest BCUT2D eigenvalue weighted by molar-refractivity contribution is 5.39. The number of nitrogens with zero attached hydrogens (tertiary/aromatic N) is 1. The first kappa shape index (κ1) is 15.0. The van der Waals surface area contributed by atoms with E-state index in [-0.39, 0.29) is 12.2 Å². The zero-order valence-electron chi connectivity index (χ0n) is 11.9. The third-order valence-corrected chi connectivity index (χ3v) is 3.20. The van der Waals surface area contributed by atoms with Crippen LogP contribution < -0.4 is 4.74 Å². The molecule has 108 valence electrons. The van der Waals surface area contributed by atoms with Gasteiger partial charge in [-0.3, -0.25) is 0 Å². The zero-order valence-corrected chi connectivity index (χ0v) is 11.9. The van der Waals surface area contributed by atoms with Crippen molar-refractivity contribution in [2.24, 2.45) is 0 Å². The molecule has 1 atom stereocenters. The molecule has 0 spiro atoms. The van der Waals surface area contributed by atoms with E-state index in [4.69, 9.17) is 10.00 Å². The fourth-order valence-electron chi connectivity index (χ4n) is 2.04. The minimum absolute atomic E-state index is 0.00362. The second kappa shape index (κ2) is 6.38. The smallest absolute Gasteiger partial charge is 0.147 e. The van der Waals surface area contributed by atoms with Crippen molar-refractivity contribution in [2.75, 3.05) is 0 Å². The second-order valence-electron chi connectivity index (χ2n) is 4.90. The van der Waals surface area contributed by atoms with Crippen molar-refractivity contribution >= 4 is 0 Å². The summed E-state index contributed by atoms with van der Waals surface area (Å²) in [5, 5.41) is 18.5. The topological polar surface area (TPSA) is 53.2 Å². The number of halogens is 1. The SMILES string of the molecule is Cc1ccc([C@@H](C)O)c(OCc2cccc(C#N)c2F)c1. The monoisotopic (exact) mass is 285 g/mol. The summed E-state index contributed by atoms with van der Waals surface area (Å²) in [6.45, 7) is 3.56. The van der Waals surface area contributed by atoms with Gasteiger partial charge in [-0.15, -0.1) is 0 Å². The molecule has 3 nitrogen and oxygen atoms in total. The van der Waals surface area contributed by atoms with Gasteiger partial charge in [-0.25, -0.2) is 4.39 Å². The molecule has 0 unspecified atom stereocenters. The maximum Gasteiger partial charge on any atom is 0.147 e. The first-order chi connectivity index (χ1) is 10.0. The molecular weight excluding hydrogens is 269 g/mol. The van der Waals surface area contributed by atoms with E-state index in [0.29, 0.717) is 16.9 Å². The van der Waals surface area contributed by atoms with Crippen LogP contribution in [0, 0.1) is 24.1 Å². The number of nitriles is 1. The van der Waals surface area contributed by atoms with E-state index >= 15 is 0 Å². The Bertz CT molecular complexity index is 690. The molecule has 0 aliphatic rings. The molecule has 21 heavy (non-hydrogen) atoms. The summed E-state index contributed by atoms with van der Waals surface area (Å²) in [4.78, 5) is 0. The lowest BCUT2D eigenvalue weighted by Crippen LogP contribution is -2.04. The van der Waals surface area contributed by atoms with Gasteiger partial charge >= 0.3 is 0 Å². The summed E-state index contributed by atoms with van der Waals surface area (Å²) in [6, 6.07) is 11.9. The van der Waals surface area contributed by atoms with Gasteiger partial charge in [-0.1, -0.05) is 24.3 Å². The lowest BCUT2D eigenvalue weighted by molar-refractivity contribution is 0.190. The molecule has 4 heteroatoms. The summed E-state index contributed by atoms with van der Waals surface area (Å²) >= 11 is 0. The first-order valence-electron chi connectivity index (χ1n) is 6.62. The average Bonchev–Trinajstić information content (AvgIpc) is 2.46. The highest BCUT2D eigenvalue weighted by atomic mass is 19.1. The van der Waals surface area contributed by atoms with E-state index in [1.54, 1.807) is 37.3 Å². The number of ether oxygens (including phenoxy) is 1. The number of hydrogen-bond donors (Lipinski definition) is 1. The van der Waals surface area contributed by atoms with Gasteiger partial charge in [0.15, 0.2) is 0 Å². The van der Waals surface area contributed by atoms with Crippen LogP contribution in [0.5, 0.6) is 5.75 Å². The summed E-state index contributed by atoms with van der Waals surface area (Å²) in [5.74, 6) is -0.0435. The van der Waals surface area contributed by atoms with Crippen molar-refractivity contribution in [2.45, 2.75) is 26.6 Å². The number of aryl methyl sites for hydroxylation is 1. The highest BCUT2D eigenvalue weighted by Gasteiger charge is 2.12. The second-order valence-corrected chi connectivity index (χ2v) is 4.90. The molecule has 0 aromatic heterocycles. The number of rotatable bonds is 4. The standard InChI is InChI=1S/C17H16FNO2/c1-11-6-7-15(12(2)20)16(8-11)21-10-14-5-3-4-13(9-19)17(14)18/h3-8,12,20H,10H2,1-2H3/t12-/m1/s1. The van der Waals surface area contributed by atoms with Crippen molar-refractivity contribution in [1.82, 2.24) is 0 Å². The van der Waals surface area contributed by atoms with Crippen LogP contribution in [0.25, 0.3) is 0 Å². The molecule has 0 bridgehead atoms. The van der Waals surface area contributed by atoms with E-state index in [1.165, 1.54) is 6.07 Å². The minimum atomic E-state index is -0.670. The first-order valence-corrected chi connectivity index (χ1v) is 6.62. The Hall–Kier alpha value is -2.38. The van der Waals surface area contributed by atoms with Crippen LogP contribution in [0.2, 0.25) is 0 Å². The molecule has 2 rings (SSSR count). The predicted octanol–water partition coefficient (Wildman–Crippen LogP) is 3.64. The molecule has 2 aromatic carbocycles. The molecule has 2 aromatic rings. The van der Waals surface area contributed by atoms with Gasteiger partial charge in [0.05, 0.1) is 11.7 Å². The largest absolute Gasteiger partial charge is 0.488 e. The third kappa shape index (κ3) is 3.39. The fourth-order valence-corrected chi connectivity index (χ4v) is 2.04. The van der Waals surface area contributed by atoms with E-state index in [0.717, 1.165) is 5.56 Å². The molecule has 0 saturated carbocycles. The molecular formula is C17H16FNO2. The van der Waals surface area contributed by atoms with Crippen LogP contribution in [0.3, 0.4) is 0 Å². The van der Waals surface area contributed by atoms with Gasteiger partial charge in [-0.2, -0.15) is 5.26 Å². The Labute approximate surface area is 123 Å². The number of aliphatic hydroxyl groups is 1. The van der Waals surface area contributed by atoms with Crippen molar-refractivity contribution in [3.05, 3.63) is 64.5 Å². The van der Waals surface area contributed by atoms with Gasteiger partial charge in [0.2, 0.25) is 0 Å². The third-order valence-electron chi connectivity index (χ3n) is 3.20. The van der Waals surface area contributed by atoms with Gasteiger partial charge < -0.3 is 9.84 Å².